The van der Waals surface area contributed by atoms with Crippen molar-refractivity contribution >= 4 is 5.69 Å². The predicted octanol–water partition coefficient (Wildman–Crippen LogP) is 0.771. The van der Waals surface area contributed by atoms with Gasteiger partial charge in [0.15, 0.2) is 0 Å². The monoisotopic (exact) mass is 246 g/mol. The van der Waals surface area contributed by atoms with Crippen LogP contribution in [0.1, 0.15) is 17.5 Å². The first kappa shape index (κ1) is 12.2. The van der Waals surface area contributed by atoms with Crippen LogP contribution in [-0.4, -0.2) is 37.7 Å². The summed E-state index contributed by atoms with van der Waals surface area (Å²) in [5, 5.41) is 0. The molecule has 2 atom stereocenters. The summed E-state index contributed by atoms with van der Waals surface area (Å²) < 4.78 is 5.43. The molecule has 1 aromatic carbocycles. The topological polar surface area (TPSA) is 16.9 Å². The fourth-order valence-electron chi connectivity index (χ4n) is 3.19. The lowest BCUT2D eigenvalue weighted by molar-refractivity contribution is -0.775. The fraction of sp³-hybridized carbons (Fsp3) is 0.533. The molecule has 1 aromatic rings. The van der Waals surface area contributed by atoms with Crippen LogP contribution < -0.4 is 4.90 Å². The maximum absolute atomic E-state index is 5.43. The van der Waals surface area contributed by atoms with Crippen LogP contribution in [0.25, 0.3) is 0 Å². The minimum Gasteiger partial charge on any atom is -0.434 e. The summed E-state index contributed by atoms with van der Waals surface area (Å²) in [7, 11) is 5.98. The third kappa shape index (κ3) is 2.18. The van der Waals surface area contributed by atoms with Crippen LogP contribution >= 0.6 is 0 Å². The smallest absolute Gasteiger partial charge is 0.108 e. The van der Waals surface area contributed by atoms with Gasteiger partial charge in [0.1, 0.15) is 5.69 Å². The number of quaternary nitrogens is 1. The Balaban J connectivity index is 1.74. The number of methoxy groups -OCH3 is 1. The number of hydrogen-bond donors (Lipinski definition) is 1. The SMILES string of the molecule is [CH2-][NH+]1CCc2c(CN3CC[C@@H](OC)C3)cccc21. The van der Waals surface area contributed by atoms with Crippen LogP contribution in [0, 0.1) is 7.05 Å². The lowest BCUT2D eigenvalue weighted by Gasteiger charge is -2.18. The van der Waals surface area contributed by atoms with Crippen LogP contribution in [0.2, 0.25) is 0 Å². The minimum atomic E-state index is 0.428. The van der Waals surface area contributed by atoms with Crippen LogP contribution in [0.3, 0.4) is 0 Å². The molecule has 0 bridgehead atoms. The van der Waals surface area contributed by atoms with E-state index in [1.54, 1.807) is 0 Å². The van der Waals surface area contributed by atoms with Crippen molar-refractivity contribution in [2.24, 2.45) is 0 Å². The third-order valence-corrected chi connectivity index (χ3v) is 4.29. The minimum absolute atomic E-state index is 0.428. The standard InChI is InChI=1S/C15H22N2O/c1-16-8-7-14-12(4-3-5-15(14)16)10-17-9-6-13(11-17)18-2/h3-5,13,16H,1,6-11H2,2H3/t13-/m1/s1. The molecule has 3 rings (SSSR count). The molecule has 98 valence electrons. The molecule has 1 unspecified atom stereocenters. The molecule has 3 heteroatoms. The second kappa shape index (κ2) is 5.00. The zero-order valence-electron chi connectivity index (χ0n) is 11.1. The Hall–Kier alpha value is -0.900. The van der Waals surface area contributed by atoms with E-state index in [0.717, 1.165) is 32.6 Å². The first-order valence-electron chi connectivity index (χ1n) is 6.82. The Morgan fingerprint density at radius 3 is 3.17 bits per heavy atom. The normalized spacial score (nSPS) is 27.7. The first-order valence-corrected chi connectivity index (χ1v) is 6.82. The van der Waals surface area contributed by atoms with E-state index in [1.165, 1.54) is 28.1 Å². The largest absolute Gasteiger partial charge is 0.434 e. The van der Waals surface area contributed by atoms with Gasteiger partial charge in [-0.3, -0.25) is 4.90 Å². The number of benzene rings is 1. The van der Waals surface area contributed by atoms with Gasteiger partial charge >= 0.3 is 0 Å². The Bertz CT molecular complexity index is 433. The molecular formula is C15H22N2O. The van der Waals surface area contributed by atoms with E-state index in [-0.39, 0.29) is 0 Å². The quantitative estimate of drug-likeness (QED) is 0.794. The average molecular weight is 246 g/mol. The van der Waals surface area contributed by atoms with Crippen LogP contribution in [0.15, 0.2) is 18.2 Å². The van der Waals surface area contributed by atoms with Crippen LogP contribution in [0.5, 0.6) is 0 Å². The molecule has 0 amide bonds. The molecule has 0 aliphatic carbocycles. The number of fused-ring (bicyclic) bond motifs is 1. The highest BCUT2D eigenvalue weighted by atomic mass is 16.5. The van der Waals surface area contributed by atoms with Gasteiger partial charge in [0.2, 0.25) is 0 Å². The number of nitrogens with zero attached hydrogens (tertiary/aromatic N) is 1. The van der Waals surface area contributed by atoms with Crippen molar-refractivity contribution in [1.82, 2.24) is 4.90 Å². The van der Waals surface area contributed by atoms with Crippen molar-refractivity contribution < 1.29 is 9.64 Å². The summed E-state index contributed by atoms with van der Waals surface area (Å²) in [4.78, 5) is 3.81. The number of likely N-dealkylation sites (tertiary alicyclic amines) is 1. The number of rotatable bonds is 3. The molecule has 0 aromatic heterocycles. The van der Waals surface area contributed by atoms with Crippen LogP contribution in [-0.2, 0) is 17.7 Å². The molecule has 2 aliphatic heterocycles. The van der Waals surface area contributed by atoms with Crippen molar-refractivity contribution in [3.63, 3.8) is 0 Å². The van der Waals surface area contributed by atoms with Crippen LogP contribution in [0.4, 0.5) is 5.69 Å². The van der Waals surface area contributed by atoms with Crippen molar-refractivity contribution in [1.29, 1.82) is 0 Å². The van der Waals surface area contributed by atoms with Gasteiger partial charge in [-0.15, -0.1) is 7.05 Å². The van der Waals surface area contributed by atoms with E-state index in [0.29, 0.717) is 6.10 Å². The van der Waals surface area contributed by atoms with Crippen molar-refractivity contribution in [3.8, 4) is 0 Å². The summed E-state index contributed by atoms with van der Waals surface area (Å²) in [6.07, 6.45) is 2.76. The maximum Gasteiger partial charge on any atom is 0.108 e. The molecule has 2 heterocycles. The van der Waals surface area contributed by atoms with Gasteiger partial charge in [0, 0.05) is 38.7 Å². The molecule has 1 N–H and O–H groups in total. The lowest BCUT2D eigenvalue weighted by atomic mass is 10.0. The van der Waals surface area contributed by atoms with Gasteiger partial charge in [0.05, 0.1) is 12.6 Å². The van der Waals surface area contributed by atoms with E-state index in [9.17, 15) is 0 Å². The van der Waals surface area contributed by atoms with Crippen molar-refractivity contribution in [3.05, 3.63) is 36.4 Å². The second-order valence-electron chi connectivity index (χ2n) is 5.43. The van der Waals surface area contributed by atoms with E-state index in [2.05, 4.69) is 30.1 Å². The molecule has 1 fully saturated rings. The Morgan fingerprint density at radius 2 is 2.39 bits per heavy atom. The van der Waals surface area contributed by atoms with Gasteiger partial charge in [-0.25, -0.2) is 0 Å². The third-order valence-electron chi connectivity index (χ3n) is 4.29. The first-order chi connectivity index (χ1) is 8.78. The van der Waals surface area contributed by atoms with Gasteiger partial charge in [-0.1, -0.05) is 12.1 Å². The summed E-state index contributed by atoms with van der Waals surface area (Å²) in [5.74, 6) is 0. The highest BCUT2D eigenvalue weighted by Gasteiger charge is 2.25. The zero-order chi connectivity index (χ0) is 12.5. The van der Waals surface area contributed by atoms with Gasteiger partial charge in [-0.2, -0.15) is 0 Å². The summed E-state index contributed by atoms with van der Waals surface area (Å²) >= 11 is 0. The number of nitrogens with one attached hydrogen (secondary N) is 1. The highest BCUT2D eigenvalue weighted by Crippen LogP contribution is 2.24. The van der Waals surface area contributed by atoms with Gasteiger partial charge in [-0.05, 0) is 18.1 Å². The highest BCUT2D eigenvalue weighted by molar-refractivity contribution is 5.47. The van der Waals surface area contributed by atoms with Crippen molar-refractivity contribution in [2.45, 2.75) is 25.5 Å². The van der Waals surface area contributed by atoms with Crippen molar-refractivity contribution in [2.75, 3.05) is 26.7 Å². The molecule has 3 nitrogen and oxygen atoms in total. The van der Waals surface area contributed by atoms with Gasteiger partial charge < -0.3 is 9.64 Å². The summed E-state index contributed by atoms with van der Waals surface area (Å²) in [5.41, 5.74) is 4.42. The Kier molecular flexibility index (Phi) is 3.37. The van der Waals surface area contributed by atoms with Gasteiger partial charge in [0.25, 0.3) is 0 Å². The molecular weight excluding hydrogens is 224 g/mol. The second-order valence-corrected chi connectivity index (χ2v) is 5.43. The number of ether oxygens (including phenoxy) is 1. The molecule has 0 radical (unpaired) electrons. The lowest BCUT2D eigenvalue weighted by Crippen LogP contribution is -3.00. The average Bonchev–Trinajstić information content (AvgIpc) is 2.98. The summed E-state index contributed by atoms with van der Waals surface area (Å²) in [6.45, 7) is 4.42. The fourth-order valence-corrected chi connectivity index (χ4v) is 3.19. The van der Waals surface area contributed by atoms with E-state index in [1.807, 2.05) is 7.11 Å². The van der Waals surface area contributed by atoms with E-state index >= 15 is 0 Å². The zero-order valence-corrected chi connectivity index (χ0v) is 11.1. The molecule has 0 saturated carbocycles. The summed E-state index contributed by atoms with van der Waals surface area (Å²) in [6, 6.07) is 6.67. The molecule has 18 heavy (non-hydrogen) atoms. The predicted molar refractivity (Wildman–Crippen MR) is 71.7 cm³/mol. The number of hydrogen-bond acceptors (Lipinski definition) is 2. The molecule has 2 aliphatic rings. The Labute approximate surface area is 109 Å². The van der Waals surface area contributed by atoms with E-state index < -0.39 is 0 Å². The Morgan fingerprint density at radius 1 is 1.50 bits per heavy atom. The molecule has 0 spiro atoms. The molecule has 1 saturated heterocycles. The van der Waals surface area contributed by atoms with E-state index in [4.69, 9.17) is 4.74 Å². The maximum atomic E-state index is 5.43.